The molecule has 5 aliphatic rings. The van der Waals surface area contributed by atoms with Crippen molar-refractivity contribution in [3.8, 4) is 11.5 Å². The lowest BCUT2D eigenvalue weighted by Crippen LogP contribution is -2.60. The van der Waals surface area contributed by atoms with E-state index in [-0.39, 0.29) is 53.1 Å². The van der Waals surface area contributed by atoms with Crippen LogP contribution in [-0.2, 0) is 16.1 Å². The second-order valence-corrected chi connectivity index (χ2v) is 17.8. The average Bonchev–Trinajstić information content (AvgIpc) is 3.72. The molecule has 4 aliphatic heterocycles. The number of carbonyl (C=O) groups excluding carboxylic acids is 5. The summed E-state index contributed by atoms with van der Waals surface area (Å²) in [5, 5.41) is 14.7. The van der Waals surface area contributed by atoms with Gasteiger partial charge in [0.05, 0.1) is 41.0 Å². The highest BCUT2D eigenvalue weighted by molar-refractivity contribution is 6.33. The molecule has 1 aliphatic carbocycles. The van der Waals surface area contributed by atoms with E-state index in [0.29, 0.717) is 39.9 Å². The molecule has 2 aromatic heterocycles. The molecule has 1 spiro atoms. The molecule has 64 heavy (non-hydrogen) atoms. The number of benzene rings is 2. The first-order chi connectivity index (χ1) is 30.9. The summed E-state index contributed by atoms with van der Waals surface area (Å²) in [5.41, 5.74) is 1.15. The summed E-state index contributed by atoms with van der Waals surface area (Å²) < 4.78 is 41.0. The fourth-order valence-electron chi connectivity index (χ4n) is 9.78. The quantitative estimate of drug-likeness (QED) is 0.0918. The van der Waals surface area contributed by atoms with Gasteiger partial charge < -0.3 is 29.2 Å². The first-order valence-electron chi connectivity index (χ1n) is 21.7. The molecule has 9 rings (SSSR count). The van der Waals surface area contributed by atoms with Crippen LogP contribution in [0.3, 0.4) is 0 Å². The Bertz CT molecular complexity index is 2500. The molecule has 0 bridgehead atoms. The van der Waals surface area contributed by atoms with Crippen LogP contribution in [0.15, 0.2) is 53.5 Å². The number of nitrogens with one attached hydrogen (secondary N) is 2. The van der Waals surface area contributed by atoms with Crippen LogP contribution in [0.5, 0.6) is 11.5 Å². The molecule has 16 nitrogen and oxygen atoms in total. The van der Waals surface area contributed by atoms with Crippen molar-refractivity contribution in [2.75, 3.05) is 44.2 Å². The summed E-state index contributed by atoms with van der Waals surface area (Å²) in [6.07, 6.45) is 3.14. The number of rotatable bonds is 14. The second kappa shape index (κ2) is 17.9. The van der Waals surface area contributed by atoms with Crippen LogP contribution < -0.4 is 25.0 Å². The number of aromatic nitrogens is 3. The van der Waals surface area contributed by atoms with E-state index in [2.05, 4.69) is 42.3 Å². The smallest absolute Gasteiger partial charge is 0.278 e. The molecule has 4 aromatic rings. The highest BCUT2D eigenvalue weighted by atomic mass is 35.5. The number of aliphatic imine (C=N–C) groups is 1. The van der Waals surface area contributed by atoms with Crippen molar-refractivity contribution in [1.82, 2.24) is 35.2 Å². The number of ether oxygens (including phenoxy) is 2. The van der Waals surface area contributed by atoms with Gasteiger partial charge in [-0.1, -0.05) is 11.6 Å². The molecular formula is C45H48ClF2N9O7. The molecule has 2 aromatic carbocycles. The Balaban J connectivity index is 0.705. The summed E-state index contributed by atoms with van der Waals surface area (Å²) in [6.45, 7) is 7.52. The number of anilines is 1. The van der Waals surface area contributed by atoms with Crippen LogP contribution in [0.2, 0.25) is 5.02 Å². The minimum absolute atomic E-state index is 0.0303. The van der Waals surface area contributed by atoms with Gasteiger partial charge in [0.15, 0.2) is 11.5 Å². The van der Waals surface area contributed by atoms with Crippen molar-refractivity contribution >= 4 is 70.3 Å². The topological polar surface area (TPSA) is 181 Å². The summed E-state index contributed by atoms with van der Waals surface area (Å²) in [5.74, 6) is -1.23. The van der Waals surface area contributed by atoms with Crippen LogP contribution in [0, 0.1) is 5.41 Å². The largest absolute Gasteiger partial charge is 0.493 e. The number of alkyl halides is 2. The highest BCUT2D eigenvalue weighted by Crippen LogP contribution is 2.42. The van der Waals surface area contributed by atoms with Gasteiger partial charge in [0.25, 0.3) is 24.1 Å². The summed E-state index contributed by atoms with van der Waals surface area (Å²) >= 11 is 6.23. The maximum atomic E-state index is 13.8. The fraction of sp³-hybridized carbons (Fsp3) is 0.467. The van der Waals surface area contributed by atoms with Gasteiger partial charge in [0.1, 0.15) is 23.2 Å². The van der Waals surface area contributed by atoms with Crippen LogP contribution in [0.25, 0.3) is 10.9 Å². The number of amides is 5. The van der Waals surface area contributed by atoms with Gasteiger partial charge in [0.2, 0.25) is 11.8 Å². The van der Waals surface area contributed by atoms with E-state index in [1.54, 1.807) is 36.4 Å². The van der Waals surface area contributed by atoms with E-state index in [1.165, 1.54) is 0 Å². The molecule has 1 atom stereocenters. The van der Waals surface area contributed by atoms with Crippen molar-refractivity contribution in [1.29, 1.82) is 0 Å². The van der Waals surface area contributed by atoms with E-state index >= 15 is 0 Å². The Labute approximate surface area is 372 Å². The minimum atomic E-state index is -2.82. The van der Waals surface area contributed by atoms with E-state index < -0.39 is 42.6 Å². The van der Waals surface area contributed by atoms with Gasteiger partial charge >= 0.3 is 0 Å². The number of piperidine rings is 2. The lowest BCUT2D eigenvalue weighted by Gasteiger charge is -2.54. The minimum Gasteiger partial charge on any atom is -0.493 e. The van der Waals surface area contributed by atoms with E-state index in [0.717, 1.165) is 93.0 Å². The van der Waals surface area contributed by atoms with Gasteiger partial charge in [-0.25, -0.2) is 8.78 Å². The molecule has 336 valence electrons. The molecule has 4 fully saturated rings. The molecule has 5 amide bonds. The molecule has 3 saturated heterocycles. The van der Waals surface area contributed by atoms with Gasteiger partial charge in [-0.3, -0.25) is 39.2 Å². The third-order valence-corrected chi connectivity index (χ3v) is 13.5. The number of imide groups is 2. The first-order valence-corrected chi connectivity index (χ1v) is 22.1. The second-order valence-electron chi connectivity index (χ2n) is 17.4. The van der Waals surface area contributed by atoms with Crippen LogP contribution in [-0.4, -0.2) is 125 Å². The summed E-state index contributed by atoms with van der Waals surface area (Å²) in [7, 11) is 0. The summed E-state index contributed by atoms with van der Waals surface area (Å²) in [4.78, 5) is 73.6. The predicted molar refractivity (Wildman–Crippen MR) is 232 cm³/mol. The number of hydrogen-bond acceptors (Lipinski definition) is 12. The molecule has 1 saturated carbocycles. The van der Waals surface area contributed by atoms with Crippen LogP contribution in [0.4, 0.5) is 20.3 Å². The third kappa shape index (κ3) is 8.64. The Hall–Kier alpha value is -6.01. The maximum Gasteiger partial charge on any atom is 0.278 e. The van der Waals surface area contributed by atoms with Gasteiger partial charge in [-0.2, -0.15) is 0 Å². The lowest BCUT2D eigenvalue weighted by molar-refractivity contribution is -0.136. The van der Waals surface area contributed by atoms with E-state index in [9.17, 15) is 32.8 Å². The normalized spacial score (nSPS) is 22.2. The molecule has 0 radical (unpaired) electrons. The monoisotopic (exact) mass is 899 g/mol. The number of halogens is 3. The van der Waals surface area contributed by atoms with Crippen molar-refractivity contribution in [2.45, 2.75) is 88.9 Å². The number of hydrogen-bond donors (Lipinski definition) is 2. The van der Waals surface area contributed by atoms with Crippen LogP contribution >= 0.6 is 11.6 Å². The molecule has 1 unspecified atom stereocenters. The van der Waals surface area contributed by atoms with Gasteiger partial charge in [-0.05, 0) is 108 Å². The van der Waals surface area contributed by atoms with Gasteiger partial charge in [-0.15, -0.1) is 10.2 Å². The molecule has 2 N–H and O–H groups in total. The lowest BCUT2D eigenvalue weighted by atomic mass is 9.72. The maximum absolute atomic E-state index is 13.8. The van der Waals surface area contributed by atoms with Crippen molar-refractivity contribution in [3.05, 3.63) is 70.5 Å². The highest BCUT2D eigenvalue weighted by Gasteiger charge is 2.48. The summed E-state index contributed by atoms with van der Waals surface area (Å²) in [6, 6.07) is 12.6. The Morgan fingerprint density at radius 1 is 0.969 bits per heavy atom. The number of nitrogens with zero attached hydrogens (tertiary/aromatic N) is 7. The molecule has 6 heterocycles. The predicted octanol–water partition coefficient (Wildman–Crippen LogP) is 5.57. The van der Waals surface area contributed by atoms with Crippen molar-refractivity contribution in [3.63, 3.8) is 0 Å². The average molecular weight is 900 g/mol. The number of carbonyl (C=O) groups is 5. The number of fused-ring (bicyclic) bond motifs is 3. The van der Waals surface area contributed by atoms with E-state index in [4.69, 9.17) is 21.1 Å². The van der Waals surface area contributed by atoms with Crippen molar-refractivity contribution < 1.29 is 42.2 Å². The third-order valence-electron chi connectivity index (χ3n) is 13.2. The SMILES string of the molecule is C=Nc1ccc(OC2CCC(NC(=O)c3ccc(N4CC5(CCN(CCCOc6ccc7c8c(n(CC(F)F)c7c6)C(=O)N(C6CCC(=O)NC6=O)C8=O)CC5)C4)nn3)CC2)cc1Cl. The number of likely N-dealkylation sites (tertiary alicyclic amines) is 1. The Morgan fingerprint density at radius 3 is 2.42 bits per heavy atom. The first kappa shape index (κ1) is 43.3. The Kier molecular flexibility index (Phi) is 12.1. The molecular weight excluding hydrogens is 852 g/mol. The standard InChI is InChI=1S/C45H48ClF2N9O7/c1-49-32-10-8-29(21-31(32)46)64-27-5-3-26(4-6-27)50-41(59)33-11-13-37(53-52-33)55-24-45(25-55)15-18-54(19-16-45)17-2-20-63-28-7-9-30-35(22-28)56(23-36(47)48)40-39(30)43(61)57(44(40)62)34-12-14-38(58)51-42(34)60/h7-11,13,21-22,26-27,34,36H,1-6,12,14-20,23-25H2,(H,50,59)(H,51,58,60). The Morgan fingerprint density at radius 2 is 1.73 bits per heavy atom. The van der Waals surface area contributed by atoms with E-state index in [1.807, 2.05) is 12.1 Å². The van der Waals surface area contributed by atoms with Crippen molar-refractivity contribution in [2.24, 2.45) is 10.4 Å². The zero-order valence-electron chi connectivity index (χ0n) is 35.1. The molecule has 19 heteroatoms. The zero-order chi connectivity index (χ0) is 44.7. The fourth-order valence-corrected chi connectivity index (χ4v) is 10.0. The zero-order valence-corrected chi connectivity index (χ0v) is 35.8. The van der Waals surface area contributed by atoms with Crippen LogP contribution in [0.1, 0.15) is 89.1 Å². The van der Waals surface area contributed by atoms with Gasteiger partial charge in [0, 0.05) is 55.0 Å².